The van der Waals surface area contributed by atoms with Gasteiger partial charge in [0.25, 0.3) is 0 Å². The van der Waals surface area contributed by atoms with E-state index >= 15 is 0 Å². The van der Waals surface area contributed by atoms with Gasteiger partial charge in [-0.3, -0.25) is 4.90 Å². The Morgan fingerprint density at radius 3 is 2.56 bits per heavy atom. The fourth-order valence-corrected chi connectivity index (χ4v) is 5.22. The van der Waals surface area contributed by atoms with E-state index in [0.717, 1.165) is 42.8 Å². The molecule has 1 aromatic heterocycles. The molecule has 1 N–H and O–H groups in total. The number of phenols is 1. The number of hydrogen-bond donors (Lipinski definition) is 1. The number of ether oxygens (including phenoxy) is 1. The van der Waals surface area contributed by atoms with Gasteiger partial charge in [0.15, 0.2) is 11.5 Å². The molecule has 0 spiro atoms. The Bertz CT molecular complexity index is 1510. The van der Waals surface area contributed by atoms with E-state index in [1.165, 1.54) is 32.8 Å². The summed E-state index contributed by atoms with van der Waals surface area (Å²) in [6.45, 7) is 2.72. The number of rotatable bonds is 4. The van der Waals surface area contributed by atoms with Crippen LogP contribution in [0.1, 0.15) is 16.7 Å². The summed E-state index contributed by atoms with van der Waals surface area (Å²) in [6, 6.07) is 29.0. The van der Waals surface area contributed by atoms with Crippen LogP contribution in [0.3, 0.4) is 0 Å². The van der Waals surface area contributed by atoms with Crippen molar-refractivity contribution in [3.63, 3.8) is 0 Å². The Morgan fingerprint density at radius 2 is 1.74 bits per heavy atom. The molecule has 0 fully saturated rings. The predicted molar refractivity (Wildman–Crippen MR) is 137 cm³/mol. The Kier molecular flexibility index (Phi) is 5.16. The monoisotopic (exact) mass is 446 g/mol. The number of benzene rings is 4. The molecule has 4 heteroatoms. The van der Waals surface area contributed by atoms with Crippen molar-refractivity contribution < 1.29 is 9.84 Å². The van der Waals surface area contributed by atoms with Crippen molar-refractivity contribution in [1.82, 2.24) is 9.88 Å². The number of aromatic hydroxyl groups is 1. The average Bonchev–Trinajstić information content (AvgIpc) is 2.88. The van der Waals surface area contributed by atoms with Crippen LogP contribution in [0.5, 0.6) is 11.5 Å². The van der Waals surface area contributed by atoms with Gasteiger partial charge >= 0.3 is 0 Å². The third-order valence-electron chi connectivity index (χ3n) is 6.85. The van der Waals surface area contributed by atoms with E-state index in [1.807, 2.05) is 12.1 Å². The van der Waals surface area contributed by atoms with Gasteiger partial charge < -0.3 is 9.84 Å². The van der Waals surface area contributed by atoms with Gasteiger partial charge in [0.1, 0.15) is 0 Å². The van der Waals surface area contributed by atoms with Crippen LogP contribution < -0.4 is 4.74 Å². The highest BCUT2D eigenvalue weighted by atomic mass is 16.5. The molecule has 0 unspecified atom stereocenters. The molecule has 5 aromatic rings. The summed E-state index contributed by atoms with van der Waals surface area (Å²) < 4.78 is 5.27. The Morgan fingerprint density at radius 1 is 0.912 bits per heavy atom. The molecule has 4 nitrogen and oxygen atoms in total. The quantitative estimate of drug-likeness (QED) is 0.328. The number of nitrogens with zero attached hydrogens (tertiary/aromatic N) is 2. The third kappa shape index (κ3) is 3.57. The van der Waals surface area contributed by atoms with Crippen molar-refractivity contribution in [2.24, 2.45) is 0 Å². The van der Waals surface area contributed by atoms with Gasteiger partial charge in [-0.1, -0.05) is 60.7 Å². The average molecular weight is 447 g/mol. The Balaban J connectivity index is 1.55. The topological polar surface area (TPSA) is 45.6 Å². The van der Waals surface area contributed by atoms with Gasteiger partial charge in [-0.15, -0.1) is 0 Å². The second-order valence-electron chi connectivity index (χ2n) is 8.93. The molecular weight excluding hydrogens is 420 g/mol. The molecular formula is C30H26N2O2. The first-order valence-electron chi connectivity index (χ1n) is 11.7. The van der Waals surface area contributed by atoms with Crippen molar-refractivity contribution in [2.75, 3.05) is 13.7 Å². The molecule has 0 bridgehead atoms. The van der Waals surface area contributed by atoms with E-state index < -0.39 is 0 Å². The van der Waals surface area contributed by atoms with E-state index in [0.29, 0.717) is 5.75 Å². The number of aromatic nitrogens is 1. The van der Waals surface area contributed by atoms with Crippen molar-refractivity contribution in [3.05, 3.63) is 102 Å². The molecule has 1 aliphatic rings. The fourth-order valence-electron chi connectivity index (χ4n) is 5.22. The molecule has 4 aromatic carbocycles. The van der Waals surface area contributed by atoms with Crippen LogP contribution in [0.25, 0.3) is 32.9 Å². The molecule has 2 heterocycles. The second-order valence-corrected chi connectivity index (χ2v) is 8.93. The number of fused-ring (bicyclic) bond motifs is 5. The summed E-state index contributed by atoms with van der Waals surface area (Å²) in [4.78, 5) is 7.66. The molecule has 0 amide bonds. The SMILES string of the molecule is COc1ccc(-c2nc3ccc4ccccc4c3c3c2CN(Cc2ccccc2)CC3)cc1O. The maximum Gasteiger partial charge on any atom is 0.160 e. The van der Waals surface area contributed by atoms with E-state index in [-0.39, 0.29) is 5.75 Å². The first kappa shape index (κ1) is 20.7. The zero-order valence-corrected chi connectivity index (χ0v) is 19.2. The van der Waals surface area contributed by atoms with E-state index in [4.69, 9.17) is 9.72 Å². The van der Waals surface area contributed by atoms with Crippen LogP contribution in [0.4, 0.5) is 0 Å². The summed E-state index contributed by atoms with van der Waals surface area (Å²) in [5.41, 5.74) is 6.78. The van der Waals surface area contributed by atoms with Crippen LogP contribution in [0, 0.1) is 0 Å². The zero-order chi connectivity index (χ0) is 23.1. The molecule has 0 atom stereocenters. The van der Waals surface area contributed by atoms with E-state index in [9.17, 15) is 5.11 Å². The van der Waals surface area contributed by atoms with Gasteiger partial charge in [0.2, 0.25) is 0 Å². The van der Waals surface area contributed by atoms with Crippen LogP contribution in [-0.4, -0.2) is 28.6 Å². The second kappa shape index (κ2) is 8.47. The smallest absolute Gasteiger partial charge is 0.160 e. The lowest BCUT2D eigenvalue weighted by molar-refractivity contribution is 0.246. The zero-order valence-electron chi connectivity index (χ0n) is 19.2. The van der Waals surface area contributed by atoms with Gasteiger partial charge in [-0.2, -0.15) is 0 Å². The Labute approximate surface area is 199 Å². The van der Waals surface area contributed by atoms with E-state index in [2.05, 4.69) is 71.6 Å². The lowest BCUT2D eigenvalue weighted by atomic mass is 9.89. The minimum absolute atomic E-state index is 0.131. The van der Waals surface area contributed by atoms with Crippen LogP contribution in [0.15, 0.2) is 84.9 Å². The molecule has 0 saturated carbocycles. The Hall–Kier alpha value is -3.89. The molecule has 1 aliphatic heterocycles. The van der Waals surface area contributed by atoms with Crippen molar-refractivity contribution >= 4 is 21.7 Å². The van der Waals surface area contributed by atoms with Crippen LogP contribution >= 0.6 is 0 Å². The van der Waals surface area contributed by atoms with Gasteiger partial charge in [0.05, 0.1) is 18.3 Å². The maximum absolute atomic E-state index is 10.5. The van der Waals surface area contributed by atoms with E-state index in [1.54, 1.807) is 13.2 Å². The standard InChI is InChI=1S/C30H26N2O2/c1-34-28-14-12-22(17-27(28)33)30-25-19-32(18-20-7-3-2-4-8-20)16-15-24(25)29-23-10-6-5-9-21(23)11-13-26(29)31-30/h2-14,17,33H,15-16,18-19H2,1H3. The summed E-state index contributed by atoms with van der Waals surface area (Å²) in [6.07, 6.45) is 0.963. The lowest BCUT2D eigenvalue weighted by Crippen LogP contribution is -2.31. The summed E-state index contributed by atoms with van der Waals surface area (Å²) in [5.74, 6) is 0.598. The van der Waals surface area contributed by atoms with Crippen molar-refractivity contribution in [2.45, 2.75) is 19.5 Å². The normalized spacial score (nSPS) is 13.8. The van der Waals surface area contributed by atoms with Crippen molar-refractivity contribution in [1.29, 1.82) is 0 Å². The first-order chi connectivity index (χ1) is 16.7. The minimum Gasteiger partial charge on any atom is -0.504 e. The molecule has 0 saturated heterocycles. The highest BCUT2D eigenvalue weighted by Gasteiger charge is 2.25. The maximum atomic E-state index is 10.5. The summed E-state index contributed by atoms with van der Waals surface area (Å²) >= 11 is 0. The molecule has 0 radical (unpaired) electrons. The van der Waals surface area contributed by atoms with Gasteiger partial charge in [-0.25, -0.2) is 4.98 Å². The fraction of sp³-hybridized carbons (Fsp3) is 0.167. The largest absolute Gasteiger partial charge is 0.504 e. The van der Waals surface area contributed by atoms with Crippen molar-refractivity contribution in [3.8, 4) is 22.8 Å². The highest BCUT2D eigenvalue weighted by Crippen LogP contribution is 2.39. The molecule has 34 heavy (non-hydrogen) atoms. The number of hydrogen-bond acceptors (Lipinski definition) is 4. The minimum atomic E-state index is 0.131. The molecule has 6 rings (SSSR count). The van der Waals surface area contributed by atoms with Crippen LogP contribution in [0.2, 0.25) is 0 Å². The van der Waals surface area contributed by atoms with Gasteiger partial charge in [0, 0.05) is 30.6 Å². The summed E-state index contributed by atoms with van der Waals surface area (Å²) in [5, 5.41) is 14.2. The molecule has 168 valence electrons. The lowest BCUT2D eigenvalue weighted by Gasteiger charge is -2.31. The first-order valence-corrected chi connectivity index (χ1v) is 11.7. The number of phenolic OH excluding ortho intramolecular Hbond substituents is 1. The predicted octanol–water partition coefficient (Wildman–Crippen LogP) is 6.33. The van der Waals surface area contributed by atoms with Crippen LogP contribution in [-0.2, 0) is 19.5 Å². The molecule has 0 aliphatic carbocycles. The third-order valence-corrected chi connectivity index (χ3v) is 6.85. The summed E-state index contributed by atoms with van der Waals surface area (Å²) in [7, 11) is 1.57. The number of methoxy groups -OCH3 is 1. The van der Waals surface area contributed by atoms with Gasteiger partial charge in [-0.05, 0) is 58.1 Å². The number of pyridine rings is 1. The highest BCUT2D eigenvalue weighted by molar-refractivity contribution is 6.09.